The maximum absolute atomic E-state index is 12.1. The Morgan fingerprint density at radius 3 is 2.67 bits per heavy atom. The van der Waals surface area contributed by atoms with Crippen LogP contribution in [0.1, 0.15) is 47.0 Å². The molecule has 0 bridgehead atoms. The number of carbonyl (C=O) groups excluding carboxylic acids is 1. The third kappa shape index (κ3) is 1.68. The summed E-state index contributed by atoms with van der Waals surface area (Å²) in [4.78, 5) is 12.1. The van der Waals surface area contributed by atoms with Crippen molar-refractivity contribution >= 4 is 5.78 Å². The van der Waals surface area contributed by atoms with Crippen molar-refractivity contribution in [3.63, 3.8) is 0 Å². The maximum Gasteiger partial charge on any atom is 0.182 e. The highest BCUT2D eigenvalue weighted by Crippen LogP contribution is 2.48. The van der Waals surface area contributed by atoms with Gasteiger partial charge in [-0.1, -0.05) is 25.0 Å². The highest BCUT2D eigenvalue weighted by Gasteiger charge is 2.40. The summed E-state index contributed by atoms with van der Waals surface area (Å²) in [5.74, 6) is 0.761. The van der Waals surface area contributed by atoms with Gasteiger partial charge in [-0.2, -0.15) is 0 Å². The van der Waals surface area contributed by atoms with Gasteiger partial charge in [0.2, 0.25) is 0 Å². The second-order valence-corrected chi connectivity index (χ2v) is 5.81. The largest absolute Gasteiger partial charge is 0.290 e. The van der Waals surface area contributed by atoms with Crippen LogP contribution in [0.25, 0.3) is 0 Å². The van der Waals surface area contributed by atoms with E-state index in [9.17, 15) is 4.79 Å². The minimum Gasteiger partial charge on any atom is -0.290 e. The molecular weight excluding hydrogens is 184 g/mol. The smallest absolute Gasteiger partial charge is 0.182 e. The predicted octanol–water partition coefficient (Wildman–Crippen LogP) is 3.66. The van der Waals surface area contributed by atoms with E-state index < -0.39 is 0 Å². The molecule has 0 radical (unpaired) electrons. The van der Waals surface area contributed by atoms with Gasteiger partial charge in [-0.25, -0.2) is 0 Å². The minimum absolute atomic E-state index is 0.250. The van der Waals surface area contributed by atoms with E-state index in [1.807, 2.05) is 6.08 Å². The number of rotatable bonds is 0. The summed E-state index contributed by atoms with van der Waals surface area (Å²) in [6, 6.07) is 0. The van der Waals surface area contributed by atoms with Crippen molar-refractivity contribution in [1.29, 1.82) is 0 Å². The molecule has 0 amide bonds. The molecule has 0 aliphatic heterocycles. The molecular formula is C14H20O. The normalized spacial score (nSPS) is 30.0. The van der Waals surface area contributed by atoms with E-state index in [0.717, 1.165) is 18.4 Å². The molecule has 0 saturated carbocycles. The molecule has 0 heterocycles. The van der Waals surface area contributed by atoms with Crippen molar-refractivity contribution in [3.8, 4) is 0 Å². The van der Waals surface area contributed by atoms with Gasteiger partial charge in [0.15, 0.2) is 5.78 Å². The van der Waals surface area contributed by atoms with Crippen LogP contribution >= 0.6 is 0 Å². The van der Waals surface area contributed by atoms with E-state index in [-0.39, 0.29) is 11.2 Å². The highest BCUT2D eigenvalue weighted by atomic mass is 16.1. The summed E-state index contributed by atoms with van der Waals surface area (Å²) in [5, 5.41) is 0. The summed E-state index contributed by atoms with van der Waals surface area (Å²) < 4.78 is 0. The second kappa shape index (κ2) is 3.33. The molecule has 82 valence electrons. The molecule has 0 saturated heterocycles. The van der Waals surface area contributed by atoms with Crippen LogP contribution in [-0.4, -0.2) is 5.78 Å². The van der Waals surface area contributed by atoms with Gasteiger partial charge in [0.1, 0.15) is 0 Å². The number of hydrogen-bond acceptors (Lipinski definition) is 1. The van der Waals surface area contributed by atoms with Crippen molar-refractivity contribution in [2.75, 3.05) is 0 Å². The molecule has 1 atom stereocenters. The maximum atomic E-state index is 12.1. The van der Waals surface area contributed by atoms with Crippen molar-refractivity contribution in [3.05, 3.63) is 22.8 Å². The molecule has 0 aromatic heterocycles. The summed E-state index contributed by atoms with van der Waals surface area (Å²) in [6.07, 6.45) is 5.19. The Kier molecular flexibility index (Phi) is 2.37. The summed E-state index contributed by atoms with van der Waals surface area (Å²) in [6.45, 7) is 8.80. The van der Waals surface area contributed by atoms with E-state index in [2.05, 4.69) is 27.7 Å². The number of ketones is 1. The zero-order valence-electron chi connectivity index (χ0n) is 10.2. The lowest BCUT2D eigenvalue weighted by molar-refractivity contribution is -0.112. The third-order valence-electron chi connectivity index (χ3n) is 3.94. The van der Waals surface area contributed by atoms with Gasteiger partial charge >= 0.3 is 0 Å². The molecule has 15 heavy (non-hydrogen) atoms. The topological polar surface area (TPSA) is 17.1 Å². The van der Waals surface area contributed by atoms with Gasteiger partial charge in [-0.05, 0) is 50.5 Å². The molecule has 0 aromatic carbocycles. The Bertz CT molecular complexity index is 369. The fraction of sp³-hybridized carbons (Fsp3) is 0.643. The molecule has 2 aliphatic rings. The van der Waals surface area contributed by atoms with Gasteiger partial charge in [-0.3, -0.25) is 4.79 Å². The molecule has 0 aromatic rings. The highest BCUT2D eigenvalue weighted by molar-refractivity contribution is 6.06. The minimum atomic E-state index is 0.250. The van der Waals surface area contributed by atoms with Crippen LogP contribution < -0.4 is 0 Å². The quantitative estimate of drug-likeness (QED) is 0.588. The Morgan fingerprint density at radius 1 is 1.33 bits per heavy atom. The van der Waals surface area contributed by atoms with Gasteiger partial charge in [-0.15, -0.1) is 0 Å². The van der Waals surface area contributed by atoms with E-state index in [1.54, 1.807) is 0 Å². The van der Waals surface area contributed by atoms with E-state index in [4.69, 9.17) is 0 Å². The fourth-order valence-electron chi connectivity index (χ4n) is 3.30. The zero-order chi connectivity index (χ0) is 11.2. The first-order chi connectivity index (χ1) is 6.92. The van der Waals surface area contributed by atoms with Crippen LogP contribution in [0, 0.1) is 11.3 Å². The average Bonchev–Trinajstić information content (AvgIpc) is 2.41. The summed E-state index contributed by atoms with van der Waals surface area (Å²) in [7, 11) is 0. The Hall–Kier alpha value is -0.850. The summed E-state index contributed by atoms with van der Waals surface area (Å²) in [5.41, 5.74) is 3.93. The van der Waals surface area contributed by atoms with E-state index in [1.165, 1.54) is 17.6 Å². The van der Waals surface area contributed by atoms with Crippen molar-refractivity contribution < 1.29 is 4.79 Å². The Balaban J connectivity index is 2.51. The zero-order valence-corrected chi connectivity index (χ0v) is 10.2. The molecule has 1 heteroatoms. The lowest BCUT2D eigenvalue weighted by atomic mass is 9.72. The molecule has 2 aliphatic carbocycles. The molecule has 0 spiro atoms. The Morgan fingerprint density at radius 2 is 2.00 bits per heavy atom. The average molecular weight is 204 g/mol. The lowest BCUT2D eigenvalue weighted by Gasteiger charge is -2.31. The van der Waals surface area contributed by atoms with Gasteiger partial charge < -0.3 is 0 Å². The lowest BCUT2D eigenvalue weighted by Crippen LogP contribution is -2.24. The van der Waals surface area contributed by atoms with Crippen LogP contribution in [0.15, 0.2) is 22.8 Å². The molecule has 0 N–H and O–H groups in total. The van der Waals surface area contributed by atoms with Gasteiger partial charge in [0.05, 0.1) is 0 Å². The first-order valence-electron chi connectivity index (χ1n) is 5.83. The van der Waals surface area contributed by atoms with Crippen LogP contribution in [0.5, 0.6) is 0 Å². The van der Waals surface area contributed by atoms with Crippen LogP contribution in [-0.2, 0) is 4.79 Å². The van der Waals surface area contributed by atoms with Crippen LogP contribution in [0.3, 0.4) is 0 Å². The molecule has 2 rings (SSSR count). The molecule has 1 nitrogen and oxygen atoms in total. The van der Waals surface area contributed by atoms with Crippen LogP contribution in [0.2, 0.25) is 0 Å². The Labute approximate surface area is 92.3 Å². The monoisotopic (exact) mass is 204 g/mol. The summed E-state index contributed by atoms with van der Waals surface area (Å²) >= 11 is 0. The standard InChI is InChI=1S/C14H20O/c1-9-7-12(15)13-10(2)5-6-11(13)14(3,4)8-9/h7,11H,5-6,8H2,1-4H3. The fourth-order valence-corrected chi connectivity index (χ4v) is 3.30. The third-order valence-corrected chi connectivity index (χ3v) is 3.94. The molecule has 1 unspecified atom stereocenters. The van der Waals surface area contributed by atoms with Gasteiger partial charge in [0.25, 0.3) is 0 Å². The van der Waals surface area contributed by atoms with Crippen molar-refractivity contribution in [2.45, 2.75) is 47.0 Å². The first-order valence-corrected chi connectivity index (χ1v) is 5.83. The number of allylic oxidation sites excluding steroid dienone is 4. The van der Waals surface area contributed by atoms with Crippen molar-refractivity contribution in [2.24, 2.45) is 11.3 Å². The second-order valence-electron chi connectivity index (χ2n) is 5.81. The van der Waals surface area contributed by atoms with Crippen LogP contribution in [0.4, 0.5) is 0 Å². The van der Waals surface area contributed by atoms with Gasteiger partial charge in [0, 0.05) is 5.57 Å². The van der Waals surface area contributed by atoms with E-state index in [0.29, 0.717) is 5.92 Å². The SMILES string of the molecule is CC1=CC(=O)C2=C(C)CCC2C(C)(C)C1. The predicted molar refractivity (Wildman–Crippen MR) is 62.6 cm³/mol. The first kappa shape index (κ1) is 10.7. The number of hydrogen-bond donors (Lipinski definition) is 0. The molecule has 0 fully saturated rings. The number of fused-ring (bicyclic) bond motifs is 1. The van der Waals surface area contributed by atoms with Crippen molar-refractivity contribution in [1.82, 2.24) is 0 Å². The number of carbonyl (C=O) groups is 1. The van der Waals surface area contributed by atoms with E-state index >= 15 is 0 Å².